The number of anilines is 1. The van der Waals surface area contributed by atoms with Gasteiger partial charge in [-0.25, -0.2) is 13.6 Å². The number of carbonyl (C=O) groups is 2. The maximum atomic E-state index is 14.6. The predicted octanol–water partition coefficient (Wildman–Crippen LogP) is 6.80. The van der Waals surface area contributed by atoms with Crippen molar-refractivity contribution < 1.29 is 23.1 Å². The van der Waals surface area contributed by atoms with Gasteiger partial charge in [-0.3, -0.25) is 4.79 Å². The van der Waals surface area contributed by atoms with Crippen molar-refractivity contribution in [3.8, 4) is 22.4 Å². The normalized spacial score (nSPS) is 14.2. The summed E-state index contributed by atoms with van der Waals surface area (Å²) in [5.41, 5.74) is 8.60. The summed E-state index contributed by atoms with van der Waals surface area (Å²) in [6, 6.07) is 11.8. The van der Waals surface area contributed by atoms with Gasteiger partial charge in [0.2, 0.25) is 5.91 Å². The topological polar surface area (TPSA) is 110 Å². The number of primary amides is 1. The van der Waals surface area contributed by atoms with Crippen molar-refractivity contribution in [2.75, 3.05) is 18.0 Å². The van der Waals surface area contributed by atoms with Crippen LogP contribution in [0.5, 0.6) is 0 Å². The molecule has 1 aliphatic rings. The lowest BCUT2D eigenvalue weighted by molar-refractivity contribution is 0.0497. The van der Waals surface area contributed by atoms with E-state index in [1.165, 1.54) is 24.3 Å². The van der Waals surface area contributed by atoms with Crippen molar-refractivity contribution in [3.05, 3.63) is 76.3 Å². The highest BCUT2D eigenvalue weighted by atomic mass is 35.5. The number of nitrogens with two attached hydrogens (primary N) is 1. The molecule has 43 heavy (non-hydrogen) atoms. The van der Waals surface area contributed by atoms with E-state index in [1.807, 2.05) is 26.8 Å². The highest BCUT2D eigenvalue weighted by molar-refractivity contribution is 6.34. The SMILES string of the molecule is Cc1cc(F)cc(-c2nnc3cc(Cl)c(-c4cc(F)cc(C(N)=O)c4)cc3c2N2CCC(NC(=O)OC(C)(C)C)CC2)c1. The van der Waals surface area contributed by atoms with Crippen LogP contribution in [0, 0.1) is 18.6 Å². The number of rotatable bonds is 5. The maximum absolute atomic E-state index is 14.6. The number of halogens is 3. The van der Waals surface area contributed by atoms with Crippen LogP contribution in [-0.2, 0) is 4.74 Å². The monoisotopic (exact) mass is 607 g/mol. The number of aryl methyl sites for hydroxylation is 1. The van der Waals surface area contributed by atoms with Gasteiger partial charge in [0.05, 0.1) is 16.2 Å². The second-order valence-corrected chi connectivity index (χ2v) is 12.2. The van der Waals surface area contributed by atoms with Gasteiger partial charge in [-0.15, -0.1) is 10.2 Å². The van der Waals surface area contributed by atoms with Crippen LogP contribution in [0.25, 0.3) is 33.3 Å². The van der Waals surface area contributed by atoms with Crippen LogP contribution in [-0.4, -0.2) is 46.9 Å². The zero-order valence-corrected chi connectivity index (χ0v) is 25.1. The summed E-state index contributed by atoms with van der Waals surface area (Å²) in [5.74, 6) is -1.81. The zero-order valence-electron chi connectivity index (χ0n) is 24.3. The van der Waals surface area contributed by atoms with E-state index in [-0.39, 0.29) is 16.6 Å². The van der Waals surface area contributed by atoms with Crippen molar-refractivity contribution in [3.63, 3.8) is 0 Å². The average Bonchev–Trinajstić information content (AvgIpc) is 2.90. The Morgan fingerprint density at radius 1 is 0.977 bits per heavy atom. The van der Waals surface area contributed by atoms with Gasteiger partial charge < -0.3 is 20.7 Å². The fourth-order valence-electron chi connectivity index (χ4n) is 5.33. The number of benzene rings is 3. The van der Waals surface area contributed by atoms with Crippen LogP contribution in [0.3, 0.4) is 0 Å². The van der Waals surface area contributed by atoms with E-state index in [4.69, 9.17) is 22.1 Å². The third-order valence-corrected chi connectivity index (χ3v) is 7.48. The number of aromatic nitrogens is 2. The Morgan fingerprint density at radius 3 is 2.30 bits per heavy atom. The lowest BCUT2D eigenvalue weighted by Crippen LogP contribution is -2.46. The molecule has 0 spiro atoms. The summed E-state index contributed by atoms with van der Waals surface area (Å²) < 4.78 is 34.5. The molecule has 224 valence electrons. The molecule has 1 saturated heterocycles. The Morgan fingerprint density at radius 2 is 1.65 bits per heavy atom. The van der Waals surface area contributed by atoms with Crippen LogP contribution in [0.4, 0.5) is 19.3 Å². The minimum Gasteiger partial charge on any atom is -0.444 e. The Kier molecular flexibility index (Phi) is 8.25. The van der Waals surface area contributed by atoms with Crippen molar-refractivity contribution in [2.45, 2.75) is 52.2 Å². The average molecular weight is 608 g/mol. The van der Waals surface area contributed by atoms with Crippen LogP contribution in [0.15, 0.2) is 48.5 Å². The molecule has 3 N–H and O–H groups in total. The van der Waals surface area contributed by atoms with E-state index in [2.05, 4.69) is 20.4 Å². The van der Waals surface area contributed by atoms with Crippen molar-refractivity contribution >= 4 is 40.2 Å². The molecule has 3 aromatic carbocycles. The molecule has 2 heterocycles. The number of amides is 2. The molecule has 0 saturated carbocycles. The van der Waals surface area contributed by atoms with E-state index in [0.29, 0.717) is 64.9 Å². The van der Waals surface area contributed by atoms with Gasteiger partial charge in [0.1, 0.15) is 22.9 Å². The van der Waals surface area contributed by atoms with Crippen LogP contribution in [0.2, 0.25) is 5.02 Å². The number of hydrogen-bond acceptors (Lipinski definition) is 6. The second kappa shape index (κ2) is 11.8. The van der Waals surface area contributed by atoms with E-state index in [0.717, 1.165) is 11.6 Å². The Labute approximate surface area is 253 Å². The molecule has 1 fully saturated rings. The van der Waals surface area contributed by atoms with Crippen molar-refractivity contribution in [1.29, 1.82) is 0 Å². The van der Waals surface area contributed by atoms with Gasteiger partial charge in [-0.05, 0) is 100 Å². The van der Waals surface area contributed by atoms with E-state index in [1.54, 1.807) is 19.1 Å². The van der Waals surface area contributed by atoms with Crippen molar-refractivity contribution in [1.82, 2.24) is 15.5 Å². The molecule has 1 aromatic heterocycles. The first-order valence-electron chi connectivity index (χ1n) is 13.9. The van der Waals surface area contributed by atoms with Gasteiger partial charge >= 0.3 is 6.09 Å². The molecule has 11 heteroatoms. The lowest BCUT2D eigenvalue weighted by atomic mass is 9.97. The minimum atomic E-state index is -0.768. The highest BCUT2D eigenvalue weighted by Crippen LogP contribution is 2.41. The van der Waals surface area contributed by atoms with Gasteiger partial charge in [0, 0.05) is 41.2 Å². The molecule has 0 radical (unpaired) electrons. The third-order valence-electron chi connectivity index (χ3n) is 7.16. The molecule has 5 rings (SSSR count). The summed E-state index contributed by atoms with van der Waals surface area (Å²) in [7, 11) is 0. The molecule has 0 bridgehead atoms. The number of ether oxygens (including phenoxy) is 1. The first kappa shape index (κ1) is 30.2. The number of alkyl carbamates (subject to hydrolysis) is 1. The fraction of sp³-hybridized carbons (Fsp3) is 0.312. The van der Waals surface area contributed by atoms with Crippen molar-refractivity contribution in [2.24, 2.45) is 5.73 Å². The summed E-state index contributed by atoms with van der Waals surface area (Å²) in [5, 5.41) is 12.8. The molecule has 0 unspecified atom stereocenters. The largest absolute Gasteiger partial charge is 0.444 e. The third kappa shape index (κ3) is 6.85. The minimum absolute atomic E-state index is 0.00900. The molecule has 4 aromatic rings. The Balaban J connectivity index is 1.61. The van der Waals surface area contributed by atoms with Crippen LogP contribution < -0.4 is 16.0 Å². The number of nitrogens with zero attached hydrogens (tertiary/aromatic N) is 3. The standard InChI is InChI=1S/C32H32ClF2N5O3/c1-17-9-19(13-21(34)10-17)28-29(40-7-5-23(6-8-40)37-31(42)43-32(2,3)4)25-15-24(26(33)16-27(25)38-39-28)18-11-20(30(36)41)14-22(35)12-18/h9-16,23H,5-8H2,1-4H3,(H2,36,41)(H,37,42). The van der Waals surface area contributed by atoms with E-state index in [9.17, 15) is 18.4 Å². The smallest absolute Gasteiger partial charge is 0.407 e. The van der Waals surface area contributed by atoms with E-state index >= 15 is 0 Å². The summed E-state index contributed by atoms with van der Waals surface area (Å²) >= 11 is 6.65. The number of fused-ring (bicyclic) bond motifs is 1. The van der Waals surface area contributed by atoms with Gasteiger partial charge in [-0.1, -0.05) is 11.6 Å². The first-order valence-corrected chi connectivity index (χ1v) is 14.3. The molecule has 8 nitrogen and oxygen atoms in total. The quantitative estimate of drug-likeness (QED) is 0.258. The van der Waals surface area contributed by atoms with E-state index < -0.39 is 29.2 Å². The predicted molar refractivity (Wildman–Crippen MR) is 163 cm³/mol. The number of piperidine rings is 1. The summed E-state index contributed by atoms with van der Waals surface area (Å²) in [6.45, 7) is 8.33. The fourth-order valence-corrected chi connectivity index (χ4v) is 5.60. The molecule has 0 atom stereocenters. The molecule has 2 amide bonds. The summed E-state index contributed by atoms with van der Waals surface area (Å²) in [6.07, 6.45) is 0.774. The first-order chi connectivity index (χ1) is 20.3. The molecule has 1 aliphatic heterocycles. The summed E-state index contributed by atoms with van der Waals surface area (Å²) in [4.78, 5) is 26.4. The lowest BCUT2D eigenvalue weighted by Gasteiger charge is -2.35. The van der Waals surface area contributed by atoms with Gasteiger partial charge in [0.15, 0.2) is 0 Å². The molecular formula is C32H32ClF2N5O3. The molecule has 0 aliphatic carbocycles. The Bertz CT molecular complexity index is 1710. The number of hydrogen-bond donors (Lipinski definition) is 2. The van der Waals surface area contributed by atoms with Crippen LogP contribution >= 0.6 is 11.6 Å². The number of nitrogens with one attached hydrogen (secondary N) is 1. The van der Waals surface area contributed by atoms with Gasteiger partial charge in [0.25, 0.3) is 0 Å². The Hall–Kier alpha value is -4.31. The van der Waals surface area contributed by atoms with Gasteiger partial charge in [-0.2, -0.15) is 0 Å². The van der Waals surface area contributed by atoms with Crippen LogP contribution in [0.1, 0.15) is 49.5 Å². The number of carbonyl (C=O) groups excluding carboxylic acids is 2. The zero-order chi connectivity index (χ0) is 31.1. The molecular weight excluding hydrogens is 576 g/mol. The second-order valence-electron chi connectivity index (χ2n) is 11.8. The maximum Gasteiger partial charge on any atom is 0.407 e. The highest BCUT2D eigenvalue weighted by Gasteiger charge is 2.28.